The molecule has 0 N–H and O–H groups in total. The molecule has 1 nitrogen and oxygen atoms in total. The molecule has 1 aromatic rings. The fourth-order valence-electron chi connectivity index (χ4n) is 1.62. The SMILES string of the molecule is CC(C)CCCC(=O)Cc1ccccc1. The molecule has 1 aromatic carbocycles. The maximum absolute atomic E-state index is 11.6. The quantitative estimate of drug-likeness (QED) is 0.691. The van der Waals surface area contributed by atoms with E-state index in [1.165, 1.54) is 0 Å². The summed E-state index contributed by atoms with van der Waals surface area (Å²) in [5, 5.41) is 0. The van der Waals surface area contributed by atoms with Crippen molar-refractivity contribution in [3.05, 3.63) is 35.9 Å². The molecule has 1 rings (SSSR count). The third-order valence-corrected chi connectivity index (χ3v) is 2.48. The lowest BCUT2D eigenvalue weighted by atomic mass is 10.0. The summed E-state index contributed by atoms with van der Waals surface area (Å²) in [7, 11) is 0. The van der Waals surface area contributed by atoms with Gasteiger partial charge in [-0.1, -0.05) is 50.6 Å². The molecule has 82 valence electrons. The molecular weight excluding hydrogens is 184 g/mol. The fourth-order valence-corrected chi connectivity index (χ4v) is 1.62. The fraction of sp³-hybridized carbons (Fsp3) is 0.500. The van der Waals surface area contributed by atoms with Gasteiger partial charge >= 0.3 is 0 Å². The maximum Gasteiger partial charge on any atom is 0.137 e. The zero-order chi connectivity index (χ0) is 11.1. The monoisotopic (exact) mass is 204 g/mol. The van der Waals surface area contributed by atoms with Gasteiger partial charge in [0.2, 0.25) is 0 Å². The second-order valence-electron chi connectivity index (χ2n) is 4.49. The van der Waals surface area contributed by atoms with Gasteiger partial charge in [-0.05, 0) is 17.9 Å². The minimum Gasteiger partial charge on any atom is -0.299 e. The number of ketones is 1. The molecule has 15 heavy (non-hydrogen) atoms. The summed E-state index contributed by atoms with van der Waals surface area (Å²) < 4.78 is 0. The van der Waals surface area contributed by atoms with Crippen LogP contribution in [0, 0.1) is 5.92 Å². The van der Waals surface area contributed by atoms with Gasteiger partial charge in [-0.25, -0.2) is 0 Å². The van der Waals surface area contributed by atoms with E-state index in [0.717, 1.165) is 24.8 Å². The summed E-state index contributed by atoms with van der Waals surface area (Å²) in [5.41, 5.74) is 1.13. The lowest BCUT2D eigenvalue weighted by molar-refractivity contribution is -0.118. The van der Waals surface area contributed by atoms with Gasteiger partial charge in [0.05, 0.1) is 0 Å². The average molecular weight is 204 g/mol. The van der Waals surface area contributed by atoms with Gasteiger partial charge in [-0.2, -0.15) is 0 Å². The van der Waals surface area contributed by atoms with E-state index in [1.807, 2.05) is 30.3 Å². The largest absolute Gasteiger partial charge is 0.299 e. The number of benzene rings is 1. The highest BCUT2D eigenvalue weighted by Gasteiger charge is 2.03. The molecule has 0 fully saturated rings. The van der Waals surface area contributed by atoms with Crippen LogP contribution in [0.25, 0.3) is 0 Å². The molecule has 0 unspecified atom stereocenters. The third-order valence-electron chi connectivity index (χ3n) is 2.48. The summed E-state index contributed by atoms with van der Waals surface area (Å²) in [6, 6.07) is 9.97. The molecule has 1 heteroatoms. The predicted molar refractivity (Wildman–Crippen MR) is 63.8 cm³/mol. The Hall–Kier alpha value is -1.11. The number of Topliss-reactive ketones (excluding diaryl/α,β-unsaturated/α-hetero) is 1. The first-order chi connectivity index (χ1) is 7.18. The Bertz CT molecular complexity index is 287. The predicted octanol–water partition coefficient (Wildman–Crippen LogP) is 3.62. The second-order valence-corrected chi connectivity index (χ2v) is 4.49. The van der Waals surface area contributed by atoms with Crippen molar-refractivity contribution >= 4 is 5.78 Å². The van der Waals surface area contributed by atoms with Crippen LogP contribution in [-0.2, 0) is 11.2 Å². The second kappa shape index (κ2) is 6.39. The number of rotatable bonds is 6. The Labute approximate surface area is 92.5 Å². The Morgan fingerprint density at radius 2 is 1.87 bits per heavy atom. The van der Waals surface area contributed by atoms with Crippen LogP contribution in [0.5, 0.6) is 0 Å². The van der Waals surface area contributed by atoms with Crippen LogP contribution in [0.3, 0.4) is 0 Å². The first kappa shape index (κ1) is 12.0. The molecule has 0 amide bonds. The van der Waals surface area contributed by atoms with E-state index in [1.54, 1.807) is 0 Å². The molecular formula is C14H20O. The normalized spacial score (nSPS) is 10.6. The number of hydrogen-bond donors (Lipinski definition) is 0. The van der Waals surface area contributed by atoms with Crippen LogP contribution >= 0.6 is 0 Å². The smallest absolute Gasteiger partial charge is 0.137 e. The molecule has 0 aliphatic carbocycles. The molecule has 0 bridgehead atoms. The molecule has 0 saturated heterocycles. The lowest BCUT2D eigenvalue weighted by Gasteiger charge is -2.03. The number of hydrogen-bond acceptors (Lipinski definition) is 1. The number of carbonyl (C=O) groups is 1. The Morgan fingerprint density at radius 3 is 2.47 bits per heavy atom. The molecule has 0 heterocycles. The minimum atomic E-state index is 0.363. The van der Waals surface area contributed by atoms with Gasteiger partial charge in [0, 0.05) is 12.8 Å². The van der Waals surface area contributed by atoms with Crippen LogP contribution in [0.15, 0.2) is 30.3 Å². The molecule has 0 aromatic heterocycles. The molecule has 0 spiro atoms. The molecule has 0 aliphatic rings. The van der Waals surface area contributed by atoms with E-state index in [2.05, 4.69) is 13.8 Å². The minimum absolute atomic E-state index is 0.363. The topological polar surface area (TPSA) is 17.1 Å². The van der Waals surface area contributed by atoms with E-state index in [0.29, 0.717) is 18.1 Å². The summed E-state index contributed by atoms with van der Waals surface area (Å²) >= 11 is 0. The number of carbonyl (C=O) groups excluding carboxylic acids is 1. The van der Waals surface area contributed by atoms with Gasteiger partial charge in [0.25, 0.3) is 0 Å². The van der Waals surface area contributed by atoms with Gasteiger partial charge in [-0.15, -0.1) is 0 Å². The van der Waals surface area contributed by atoms with Crippen LogP contribution in [0.1, 0.15) is 38.7 Å². The van der Waals surface area contributed by atoms with Crippen molar-refractivity contribution in [2.45, 2.75) is 39.5 Å². The Balaban J connectivity index is 2.25. The van der Waals surface area contributed by atoms with Gasteiger partial charge in [0.15, 0.2) is 0 Å². The van der Waals surface area contributed by atoms with Crippen molar-refractivity contribution in [3.63, 3.8) is 0 Å². The summed E-state index contributed by atoms with van der Waals surface area (Å²) in [6.45, 7) is 4.39. The van der Waals surface area contributed by atoms with Crippen molar-refractivity contribution in [1.29, 1.82) is 0 Å². The average Bonchev–Trinajstić information content (AvgIpc) is 2.18. The zero-order valence-corrected chi connectivity index (χ0v) is 9.70. The molecule has 0 radical (unpaired) electrons. The van der Waals surface area contributed by atoms with Gasteiger partial charge < -0.3 is 0 Å². The van der Waals surface area contributed by atoms with E-state index in [9.17, 15) is 4.79 Å². The Morgan fingerprint density at radius 1 is 1.20 bits per heavy atom. The first-order valence-electron chi connectivity index (χ1n) is 5.74. The van der Waals surface area contributed by atoms with Crippen molar-refractivity contribution < 1.29 is 4.79 Å². The zero-order valence-electron chi connectivity index (χ0n) is 9.70. The summed E-state index contributed by atoms with van der Waals surface area (Å²) in [4.78, 5) is 11.6. The van der Waals surface area contributed by atoms with Gasteiger partial charge in [-0.3, -0.25) is 4.79 Å². The van der Waals surface area contributed by atoms with Crippen LogP contribution in [-0.4, -0.2) is 5.78 Å². The van der Waals surface area contributed by atoms with E-state index in [-0.39, 0.29) is 0 Å². The van der Waals surface area contributed by atoms with Crippen LogP contribution in [0.4, 0.5) is 0 Å². The highest BCUT2D eigenvalue weighted by atomic mass is 16.1. The lowest BCUT2D eigenvalue weighted by Crippen LogP contribution is -2.03. The molecule has 0 saturated carbocycles. The molecule has 0 aliphatic heterocycles. The highest BCUT2D eigenvalue weighted by Crippen LogP contribution is 2.09. The third kappa shape index (κ3) is 5.36. The van der Waals surface area contributed by atoms with E-state index in [4.69, 9.17) is 0 Å². The van der Waals surface area contributed by atoms with Crippen molar-refractivity contribution in [2.75, 3.05) is 0 Å². The standard InChI is InChI=1S/C14H20O/c1-12(2)7-6-10-14(15)11-13-8-4-3-5-9-13/h3-5,8-9,12H,6-7,10-11H2,1-2H3. The van der Waals surface area contributed by atoms with Crippen LogP contribution in [0.2, 0.25) is 0 Å². The highest BCUT2D eigenvalue weighted by molar-refractivity contribution is 5.80. The van der Waals surface area contributed by atoms with Crippen molar-refractivity contribution in [2.24, 2.45) is 5.92 Å². The summed E-state index contributed by atoms with van der Waals surface area (Å²) in [6.07, 6.45) is 3.51. The van der Waals surface area contributed by atoms with Crippen LogP contribution < -0.4 is 0 Å². The van der Waals surface area contributed by atoms with Crippen molar-refractivity contribution in [3.8, 4) is 0 Å². The summed E-state index contributed by atoms with van der Waals surface area (Å²) in [5.74, 6) is 1.07. The van der Waals surface area contributed by atoms with Crippen molar-refractivity contribution in [1.82, 2.24) is 0 Å². The molecule has 0 atom stereocenters. The maximum atomic E-state index is 11.6. The van der Waals surface area contributed by atoms with E-state index >= 15 is 0 Å². The van der Waals surface area contributed by atoms with Gasteiger partial charge in [0.1, 0.15) is 5.78 Å². The van der Waals surface area contributed by atoms with E-state index < -0.39 is 0 Å². The first-order valence-corrected chi connectivity index (χ1v) is 5.74. The Kier molecular flexibility index (Phi) is 5.09.